The monoisotopic (exact) mass is 219 g/mol. The van der Waals surface area contributed by atoms with Gasteiger partial charge < -0.3 is 14.6 Å². The number of ether oxygens (including phenoxy) is 1. The van der Waals surface area contributed by atoms with Gasteiger partial charge in [0.2, 0.25) is 0 Å². The average molecular weight is 219 g/mol. The van der Waals surface area contributed by atoms with Crippen molar-refractivity contribution in [1.82, 2.24) is 4.81 Å². The molecule has 1 saturated heterocycles. The van der Waals surface area contributed by atoms with E-state index in [4.69, 9.17) is 4.74 Å². The molecule has 1 heterocycles. The van der Waals surface area contributed by atoms with E-state index in [1.165, 1.54) is 0 Å². The van der Waals surface area contributed by atoms with Crippen LogP contribution in [0.1, 0.15) is 12.8 Å². The van der Waals surface area contributed by atoms with Crippen molar-refractivity contribution in [3.63, 3.8) is 0 Å². The van der Waals surface area contributed by atoms with E-state index < -0.39 is 0 Å². The van der Waals surface area contributed by atoms with Gasteiger partial charge in [-0.2, -0.15) is 0 Å². The number of benzene rings is 1. The summed E-state index contributed by atoms with van der Waals surface area (Å²) in [5, 5.41) is 9.59. The first kappa shape index (κ1) is 11.5. The molecule has 0 saturated carbocycles. The van der Waals surface area contributed by atoms with Crippen molar-refractivity contribution in [3.8, 4) is 5.75 Å². The largest absolute Gasteiger partial charge is 0.492 e. The van der Waals surface area contributed by atoms with Gasteiger partial charge in [-0.05, 0) is 38.3 Å². The highest BCUT2D eigenvalue weighted by molar-refractivity contribution is 6.45. The lowest BCUT2D eigenvalue weighted by atomic mass is 9.84. The normalized spacial score (nSPS) is 21.0. The van der Waals surface area contributed by atoms with E-state index in [1.807, 2.05) is 37.2 Å². The van der Waals surface area contributed by atoms with E-state index in [1.54, 1.807) is 0 Å². The molecule has 0 aromatic heterocycles. The van der Waals surface area contributed by atoms with Crippen LogP contribution in [0, 0.1) is 0 Å². The highest BCUT2D eigenvalue weighted by Crippen LogP contribution is 2.19. The third-order valence-electron chi connectivity index (χ3n) is 3.09. The molecule has 1 aromatic rings. The summed E-state index contributed by atoms with van der Waals surface area (Å²) in [5.74, 6) is 0.903. The zero-order valence-electron chi connectivity index (χ0n) is 9.67. The standard InChI is InChI=1S/C12H18BNO2/c1-13(15)14-9-5-6-11(14)10-16-12-7-3-2-4-8-12/h2-4,7-8,11,15H,5-6,9-10H2,1H3/t11-/m0/s1. The van der Waals surface area contributed by atoms with E-state index in [9.17, 15) is 5.02 Å². The molecule has 1 N–H and O–H groups in total. The second-order valence-electron chi connectivity index (χ2n) is 4.29. The Hall–Kier alpha value is -0.995. The molecular weight excluding hydrogens is 201 g/mol. The van der Waals surface area contributed by atoms with E-state index in [-0.39, 0.29) is 7.05 Å². The van der Waals surface area contributed by atoms with Crippen LogP contribution in [0.3, 0.4) is 0 Å². The number of rotatable bonds is 4. The maximum Gasteiger partial charge on any atom is 0.376 e. The molecule has 0 amide bonds. The predicted molar refractivity (Wildman–Crippen MR) is 65.5 cm³/mol. The van der Waals surface area contributed by atoms with Crippen molar-refractivity contribution in [1.29, 1.82) is 0 Å². The number of hydrogen-bond acceptors (Lipinski definition) is 3. The van der Waals surface area contributed by atoms with Gasteiger partial charge in [0.15, 0.2) is 0 Å². The summed E-state index contributed by atoms with van der Waals surface area (Å²) < 4.78 is 5.72. The summed E-state index contributed by atoms with van der Waals surface area (Å²) in [4.78, 5) is 2.10. The Bertz CT molecular complexity index is 318. The van der Waals surface area contributed by atoms with Crippen LogP contribution in [-0.4, -0.2) is 36.1 Å². The lowest BCUT2D eigenvalue weighted by molar-refractivity contribution is 0.219. The summed E-state index contributed by atoms with van der Waals surface area (Å²) in [6.07, 6.45) is 2.26. The van der Waals surface area contributed by atoms with Gasteiger partial charge in [0.05, 0.1) is 0 Å². The van der Waals surface area contributed by atoms with Crippen molar-refractivity contribution >= 4 is 7.05 Å². The van der Waals surface area contributed by atoms with Crippen LogP contribution in [0.15, 0.2) is 30.3 Å². The first-order valence-corrected chi connectivity index (χ1v) is 5.89. The van der Waals surface area contributed by atoms with Crippen molar-refractivity contribution in [3.05, 3.63) is 30.3 Å². The Kier molecular flexibility index (Phi) is 3.85. The van der Waals surface area contributed by atoms with Crippen molar-refractivity contribution in [2.45, 2.75) is 25.7 Å². The van der Waals surface area contributed by atoms with Crippen LogP contribution in [0.5, 0.6) is 5.75 Å². The fourth-order valence-corrected chi connectivity index (χ4v) is 2.24. The van der Waals surface area contributed by atoms with Gasteiger partial charge in [-0.3, -0.25) is 0 Å². The number of hydrogen-bond donors (Lipinski definition) is 1. The smallest absolute Gasteiger partial charge is 0.376 e. The highest BCUT2D eigenvalue weighted by Gasteiger charge is 2.30. The highest BCUT2D eigenvalue weighted by atomic mass is 16.5. The van der Waals surface area contributed by atoms with Gasteiger partial charge in [0.1, 0.15) is 12.4 Å². The minimum absolute atomic E-state index is 0.347. The second kappa shape index (κ2) is 5.37. The summed E-state index contributed by atoms with van der Waals surface area (Å²) in [5.41, 5.74) is 0. The molecule has 0 bridgehead atoms. The van der Waals surface area contributed by atoms with Crippen LogP contribution < -0.4 is 4.74 Å². The van der Waals surface area contributed by atoms with Crippen LogP contribution >= 0.6 is 0 Å². The SMILES string of the molecule is CB(O)N1CCC[C@H]1COc1ccccc1. The Morgan fingerprint density at radius 1 is 1.44 bits per heavy atom. The third kappa shape index (κ3) is 2.77. The van der Waals surface area contributed by atoms with Gasteiger partial charge in [-0.25, -0.2) is 0 Å². The quantitative estimate of drug-likeness (QED) is 0.781. The molecule has 1 fully saturated rings. The van der Waals surface area contributed by atoms with Gasteiger partial charge in [-0.1, -0.05) is 18.2 Å². The molecule has 16 heavy (non-hydrogen) atoms. The molecule has 1 aliphatic heterocycles. The van der Waals surface area contributed by atoms with E-state index in [2.05, 4.69) is 4.81 Å². The summed E-state index contributed by atoms with van der Waals surface area (Å²) in [7, 11) is -0.369. The minimum Gasteiger partial charge on any atom is -0.492 e. The Morgan fingerprint density at radius 3 is 2.88 bits per heavy atom. The molecule has 1 atom stereocenters. The molecule has 2 rings (SSSR count). The average Bonchev–Trinajstić information content (AvgIpc) is 2.76. The van der Waals surface area contributed by atoms with Crippen molar-refractivity contribution < 1.29 is 9.76 Å². The fourth-order valence-electron chi connectivity index (χ4n) is 2.24. The Balaban J connectivity index is 1.86. The molecule has 1 aliphatic rings. The number of nitrogens with zero attached hydrogens (tertiary/aromatic N) is 1. The molecule has 1 aromatic carbocycles. The van der Waals surface area contributed by atoms with Crippen LogP contribution in [0.4, 0.5) is 0 Å². The predicted octanol–water partition coefficient (Wildman–Crippen LogP) is 1.64. The second-order valence-corrected chi connectivity index (χ2v) is 4.29. The minimum atomic E-state index is -0.369. The van der Waals surface area contributed by atoms with Crippen molar-refractivity contribution in [2.75, 3.05) is 13.2 Å². The van der Waals surface area contributed by atoms with Gasteiger partial charge >= 0.3 is 7.05 Å². The zero-order valence-corrected chi connectivity index (χ0v) is 9.67. The summed E-state index contributed by atoms with van der Waals surface area (Å²) in [6, 6.07) is 10.2. The maximum absolute atomic E-state index is 9.59. The summed E-state index contributed by atoms with van der Waals surface area (Å²) >= 11 is 0. The molecule has 0 radical (unpaired) electrons. The van der Waals surface area contributed by atoms with Crippen LogP contribution in [0.25, 0.3) is 0 Å². The molecule has 86 valence electrons. The molecule has 0 spiro atoms. The topological polar surface area (TPSA) is 32.7 Å². The first-order valence-electron chi connectivity index (χ1n) is 5.89. The van der Waals surface area contributed by atoms with E-state index >= 15 is 0 Å². The zero-order chi connectivity index (χ0) is 11.4. The first-order chi connectivity index (χ1) is 7.77. The summed E-state index contributed by atoms with van der Waals surface area (Å²) in [6.45, 7) is 3.45. The molecular formula is C12H18BNO2. The lowest BCUT2D eigenvalue weighted by Crippen LogP contribution is -2.43. The van der Waals surface area contributed by atoms with Gasteiger partial charge in [-0.15, -0.1) is 0 Å². The molecule has 3 nitrogen and oxygen atoms in total. The van der Waals surface area contributed by atoms with E-state index in [0.717, 1.165) is 25.1 Å². The molecule has 4 heteroatoms. The molecule has 0 unspecified atom stereocenters. The van der Waals surface area contributed by atoms with Crippen LogP contribution in [-0.2, 0) is 0 Å². The van der Waals surface area contributed by atoms with E-state index in [0.29, 0.717) is 12.6 Å². The lowest BCUT2D eigenvalue weighted by Gasteiger charge is -2.25. The van der Waals surface area contributed by atoms with Crippen LogP contribution in [0.2, 0.25) is 6.82 Å². The Labute approximate surface area is 97.2 Å². The van der Waals surface area contributed by atoms with Gasteiger partial charge in [0, 0.05) is 6.04 Å². The third-order valence-corrected chi connectivity index (χ3v) is 3.09. The maximum atomic E-state index is 9.59. The Morgan fingerprint density at radius 2 is 2.19 bits per heavy atom. The van der Waals surface area contributed by atoms with Gasteiger partial charge in [0.25, 0.3) is 0 Å². The molecule has 0 aliphatic carbocycles. The fraction of sp³-hybridized carbons (Fsp3) is 0.500. The number of para-hydroxylation sites is 1. The van der Waals surface area contributed by atoms with Crippen molar-refractivity contribution in [2.24, 2.45) is 0 Å².